The molecule has 2 rings (SSSR count). The Bertz CT molecular complexity index is 601. The predicted molar refractivity (Wildman–Crippen MR) is 86.6 cm³/mol. The average Bonchev–Trinajstić information content (AvgIpc) is 2.53. The normalized spacial score (nSPS) is 10.3. The van der Waals surface area contributed by atoms with Crippen molar-refractivity contribution in [3.05, 3.63) is 36.0 Å². The molecular weight excluding hydrogens is 264 g/mol. The third-order valence-corrected chi connectivity index (χ3v) is 3.24. The highest BCUT2D eigenvalue weighted by Crippen LogP contribution is 2.32. The van der Waals surface area contributed by atoms with Crippen LogP contribution in [0.15, 0.2) is 30.5 Å². The number of rotatable bonds is 6. The van der Waals surface area contributed by atoms with Gasteiger partial charge in [0.25, 0.3) is 0 Å². The second-order valence-corrected chi connectivity index (χ2v) is 4.86. The summed E-state index contributed by atoms with van der Waals surface area (Å²) in [6.07, 6.45) is 2.88. The van der Waals surface area contributed by atoms with Crippen LogP contribution in [0.2, 0.25) is 0 Å². The number of nitrogens with one attached hydrogen (secondary N) is 1. The van der Waals surface area contributed by atoms with Gasteiger partial charge in [-0.3, -0.25) is 0 Å². The maximum absolute atomic E-state index is 5.42. The first kappa shape index (κ1) is 15.1. The summed E-state index contributed by atoms with van der Waals surface area (Å²) in [6, 6.07) is 7.90. The molecular formula is C16H22N4O. The van der Waals surface area contributed by atoms with Crippen LogP contribution >= 0.6 is 0 Å². The third kappa shape index (κ3) is 3.42. The van der Waals surface area contributed by atoms with Gasteiger partial charge in [-0.15, -0.1) is 0 Å². The lowest BCUT2D eigenvalue weighted by molar-refractivity contribution is 0.415. The molecule has 0 bridgehead atoms. The monoisotopic (exact) mass is 286 g/mol. The standard InChI is InChI=1S/C16H22N4O/c1-5-10-17-16-18-11-12(2)15(19-16)20(3)13-8-6-7-9-14(13)21-4/h6-9,11H,5,10H2,1-4H3,(H,17,18,19). The van der Waals surface area contributed by atoms with Crippen LogP contribution in [0.5, 0.6) is 5.75 Å². The first-order chi connectivity index (χ1) is 10.2. The summed E-state index contributed by atoms with van der Waals surface area (Å²) >= 11 is 0. The van der Waals surface area contributed by atoms with E-state index in [1.807, 2.05) is 49.3 Å². The number of nitrogens with zero attached hydrogens (tertiary/aromatic N) is 3. The molecule has 1 N–H and O–H groups in total. The number of methoxy groups -OCH3 is 1. The van der Waals surface area contributed by atoms with Gasteiger partial charge in [0.05, 0.1) is 12.8 Å². The van der Waals surface area contributed by atoms with Gasteiger partial charge >= 0.3 is 0 Å². The van der Waals surface area contributed by atoms with Crippen molar-refractivity contribution in [2.45, 2.75) is 20.3 Å². The molecule has 0 fully saturated rings. The molecule has 21 heavy (non-hydrogen) atoms. The zero-order valence-corrected chi connectivity index (χ0v) is 13.1. The third-order valence-electron chi connectivity index (χ3n) is 3.24. The zero-order chi connectivity index (χ0) is 15.2. The van der Waals surface area contributed by atoms with Crippen LogP contribution in [0.4, 0.5) is 17.5 Å². The van der Waals surface area contributed by atoms with Gasteiger partial charge in [0.2, 0.25) is 5.95 Å². The number of hydrogen-bond donors (Lipinski definition) is 1. The SMILES string of the molecule is CCCNc1ncc(C)c(N(C)c2ccccc2OC)n1. The van der Waals surface area contributed by atoms with Gasteiger partial charge in [-0.2, -0.15) is 4.98 Å². The highest BCUT2D eigenvalue weighted by Gasteiger charge is 2.14. The Morgan fingerprint density at radius 1 is 1.29 bits per heavy atom. The van der Waals surface area contributed by atoms with Gasteiger partial charge in [-0.25, -0.2) is 4.98 Å². The van der Waals surface area contributed by atoms with E-state index in [0.717, 1.165) is 35.8 Å². The van der Waals surface area contributed by atoms with E-state index in [-0.39, 0.29) is 0 Å². The molecule has 0 saturated heterocycles. The maximum Gasteiger partial charge on any atom is 0.224 e. The number of aromatic nitrogens is 2. The first-order valence-electron chi connectivity index (χ1n) is 7.11. The Kier molecular flexibility index (Phi) is 4.98. The fourth-order valence-corrected chi connectivity index (χ4v) is 2.12. The lowest BCUT2D eigenvalue weighted by atomic mass is 10.2. The quantitative estimate of drug-likeness (QED) is 0.882. The van der Waals surface area contributed by atoms with Gasteiger partial charge in [-0.1, -0.05) is 19.1 Å². The molecule has 5 nitrogen and oxygen atoms in total. The van der Waals surface area contributed by atoms with Crippen molar-refractivity contribution in [3.8, 4) is 5.75 Å². The summed E-state index contributed by atoms with van der Waals surface area (Å²) < 4.78 is 5.42. The number of benzene rings is 1. The molecule has 0 spiro atoms. The highest BCUT2D eigenvalue weighted by molar-refractivity contribution is 5.68. The van der Waals surface area contributed by atoms with E-state index in [0.29, 0.717) is 5.95 Å². The minimum absolute atomic E-state index is 0.652. The van der Waals surface area contributed by atoms with E-state index in [2.05, 4.69) is 22.2 Å². The van der Waals surface area contributed by atoms with E-state index in [1.165, 1.54) is 0 Å². The summed E-state index contributed by atoms with van der Waals surface area (Å²) in [5, 5.41) is 3.22. The molecule has 0 atom stereocenters. The molecule has 1 aromatic carbocycles. The number of aryl methyl sites for hydroxylation is 1. The Hall–Kier alpha value is -2.30. The van der Waals surface area contributed by atoms with Crippen molar-refractivity contribution in [1.82, 2.24) is 9.97 Å². The molecule has 0 radical (unpaired) electrons. The summed E-state index contributed by atoms with van der Waals surface area (Å²) in [5.41, 5.74) is 1.99. The fourth-order valence-electron chi connectivity index (χ4n) is 2.12. The molecule has 2 aromatic rings. The summed E-state index contributed by atoms with van der Waals surface area (Å²) in [4.78, 5) is 10.9. The second kappa shape index (κ2) is 6.92. The Morgan fingerprint density at radius 2 is 2.05 bits per heavy atom. The highest BCUT2D eigenvalue weighted by atomic mass is 16.5. The minimum Gasteiger partial charge on any atom is -0.495 e. The van der Waals surface area contributed by atoms with Crippen LogP contribution in [-0.2, 0) is 0 Å². The van der Waals surface area contributed by atoms with Crippen LogP contribution in [-0.4, -0.2) is 30.7 Å². The van der Waals surface area contributed by atoms with Gasteiger partial charge in [0.1, 0.15) is 11.6 Å². The van der Waals surface area contributed by atoms with E-state index < -0.39 is 0 Å². The Labute approximate surface area is 126 Å². The average molecular weight is 286 g/mol. The molecule has 0 unspecified atom stereocenters. The molecule has 0 saturated carbocycles. The van der Waals surface area contributed by atoms with Crippen molar-refractivity contribution >= 4 is 17.5 Å². The lowest BCUT2D eigenvalue weighted by Gasteiger charge is -2.22. The molecule has 1 heterocycles. The van der Waals surface area contributed by atoms with Gasteiger partial charge in [0, 0.05) is 25.4 Å². The van der Waals surface area contributed by atoms with Gasteiger partial charge in [0.15, 0.2) is 0 Å². The Balaban J connectivity index is 2.35. The molecule has 0 amide bonds. The zero-order valence-electron chi connectivity index (χ0n) is 13.1. The number of ether oxygens (including phenoxy) is 1. The number of para-hydroxylation sites is 2. The Morgan fingerprint density at radius 3 is 2.76 bits per heavy atom. The summed E-state index contributed by atoms with van der Waals surface area (Å²) in [5.74, 6) is 2.34. The van der Waals surface area contributed by atoms with E-state index in [9.17, 15) is 0 Å². The van der Waals surface area contributed by atoms with E-state index in [1.54, 1.807) is 7.11 Å². The topological polar surface area (TPSA) is 50.3 Å². The van der Waals surface area contributed by atoms with Crippen LogP contribution < -0.4 is 15.0 Å². The number of anilines is 3. The van der Waals surface area contributed by atoms with Crippen LogP contribution in [0.1, 0.15) is 18.9 Å². The van der Waals surface area contributed by atoms with Crippen molar-refractivity contribution in [2.24, 2.45) is 0 Å². The van der Waals surface area contributed by atoms with Crippen molar-refractivity contribution in [3.63, 3.8) is 0 Å². The fraction of sp³-hybridized carbons (Fsp3) is 0.375. The predicted octanol–water partition coefficient (Wildman–Crippen LogP) is 3.38. The molecule has 0 aliphatic carbocycles. The first-order valence-corrected chi connectivity index (χ1v) is 7.11. The van der Waals surface area contributed by atoms with Crippen LogP contribution in [0.25, 0.3) is 0 Å². The lowest BCUT2D eigenvalue weighted by Crippen LogP contribution is -2.15. The molecule has 112 valence electrons. The molecule has 0 aliphatic rings. The van der Waals surface area contributed by atoms with E-state index in [4.69, 9.17) is 4.74 Å². The smallest absolute Gasteiger partial charge is 0.224 e. The maximum atomic E-state index is 5.42. The molecule has 0 aliphatic heterocycles. The molecule has 5 heteroatoms. The summed E-state index contributed by atoms with van der Waals surface area (Å²) in [6.45, 7) is 4.98. The van der Waals surface area contributed by atoms with Crippen LogP contribution in [0.3, 0.4) is 0 Å². The van der Waals surface area contributed by atoms with Crippen molar-refractivity contribution in [2.75, 3.05) is 30.9 Å². The van der Waals surface area contributed by atoms with Crippen LogP contribution in [0, 0.1) is 6.92 Å². The van der Waals surface area contributed by atoms with Gasteiger partial charge in [-0.05, 0) is 25.5 Å². The van der Waals surface area contributed by atoms with Crippen molar-refractivity contribution in [1.29, 1.82) is 0 Å². The van der Waals surface area contributed by atoms with Crippen molar-refractivity contribution < 1.29 is 4.74 Å². The largest absolute Gasteiger partial charge is 0.495 e. The summed E-state index contributed by atoms with van der Waals surface area (Å²) in [7, 11) is 3.66. The number of hydrogen-bond acceptors (Lipinski definition) is 5. The second-order valence-electron chi connectivity index (χ2n) is 4.86. The molecule has 1 aromatic heterocycles. The minimum atomic E-state index is 0.652. The van der Waals surface area contributed by atoms with Gasteiger partial charge < -0.3 is 15.0 Å². The van der Waals surface area contributed by atoms with E-state index >= 15 is 0 Å².